The van der Waals surface area contributed by atoms with E-state index in [0.717, 1.165) is 19.6 Å². The summed E-state index contributed by atoms with van der Waals surface area (Å²) in [5, 5.41) is 18.6. The average molecular weight is 187 g/mol. The van der Waals surface area contributed by atoms with Crippen LogP contribution >= 0.6 is 0 Å². The molecule has 76 valence electrons. The van der Waals surface area contributed by atoms with Gasteiger partial charge in [-0.15, -0.1) is 0 Å². The minimum atomic E-state index is -0.266. The maximum atomic E-state index is 9.47. The highest BCUT2D eigenvalue weighted by atomic mass is 16.5. The molecule has 2 fully saturated rings. The van der Waals surface area contributed by atoms with Gasteiger partial charge in [0.2, 0.25) is 0 Å². The molecule has 3 atom stereocenters. The Labute approximate surface area is 78.1 Å². The van der Waals surface area contributed by atoms with Crippen molar-refractivity contribution in [3.05, 3.63) is 0 Å². The summed E-state index contributed by atoms with van der Waals surface area (Å²) in [5.74, 6) is 0. The van der Waals surface area contributed by atoms with E-state index in [-0.39, 0.29) is 18.8 Å². The van der Waals surface area contributed by atoms with Gasteiger partial charge in [0.25, 0.3) is 0 Å². The van der Waals surface area contributed by atoms with E-state index in [2.05, 4.69) is 4.90 Å². The zero-order valence-electron chi connectivity index (χ0n) is 7.72. The molecule has 4 nitrogen and oxygen atoms in total. The third-order valence-electron chi connectivity index (χ3n) is 3.02. The van der Waals surface area contributed by atoms with Crippen molar-refractivity contribution in [3.8, 4) is 0 Å². The number of hydrogen-bond acceptors (Lipinski definition) is 4. The normalized spacial score (nSPS) is 41.5. The van der Waals surface area contributed by atoms with Gasteiger partial charge in [0, 0.05) is 25.2 Å². The fourth-order valence-electron chi connectivity index (χ4n) is 2.33. The summed E-state index contributed by atoms with van der Waals surface area (Å²) in [6.45, 7) is 2.41. The lowest BCUT2D eigenvalue weighted by molar-refractivity contribution is 0.0980. The van der Waals surface area contributed by atoms with Gasteiger partial charge in [0.15, 0.2) is 0 Å². The molecule has 2 aliphatic rings. The largest absolute Gasteiger partial charge is 0.395 e. The molecule has 2 saturated heterocycles. The second kappa shape index (κ2) is 3.92. The number of aliphatic hydroxyl groups is 2. The van der Waals surface area contributed by atoms with Crippen LogP contribution in [0.15, 0.2) is 0 Å². The van der Waals surface area contributed by atoms with Gasteiger partial charge in [-0.1, -0.05) is 0 Å². The summed E-state index contributed by atoms with van der Waals surface area (Å²) in [6.07, 6.45) is 1.47. The summed E-state index contributed by atoms with van der Waals surface area (Å²) in [7, 11) is 0. The van der Waals surface area contributed by atoms with E-state index in [0.29, 0.717) is 19.0 Å². The third-order valence-corrected chi connectivity index (χ3v) is 3.02. The smallest absolute Gasteiger partial charge is 0.0683 e. The van der Waals surface area contributed by atoms with E-state index in [9.17, 15) is 5.11 Å². The molecule has 0 bridgehead atoms. The van der Waals surface area contributed by atoms with Gasteiger partial charge in [-0.25, -0.2) is 0 Å². The van der Waals surface area contributed by atoms with Crippen LogP contribution in [0.2, 0.25) is 0 Å². The van der Waals surface area contributed by atoms with Gasteiger partial charge in [-0.2, -0.15) is 0 Å². The summed E-state index contributed by atoms with van der Waals surface area (Å²) >= 11 is 0. The van der Waals surface area contributed by atoms with Crippen molar-refractivity contribution < 1.29 is 14.9 Å². The molecule has 0 saturated carbocycles. The van der Waals surface area contributed by atoms with Crippen molar-refractivity contribution in [2.24, 2.45) is 0 Å². The minimum absolute atomic E-state index is 0.140. The Bertz CT molecular complexity index is 168. The third kappa shape index (κ3) is 1.86. The number of hydrogen-bond donors (Lipinski definition) is 2. The van der Waals surface area contributed by atoms with E-state index in [4.69, 9.17) is 9.84 Å². The highest BCUT2D eigenvalue weighted by Gasteiger charge is 2.36. The van der Waals surface area contributed by atoms with Gasteiger partial charge in [0.1, 0.15) is 0 Å². The van der Waals surface area contributed by atoms with Crippen molar-refractivity contribution in [1.29, 1.82) is 0 Å². The molecule has 0 spiro atoms. The highest BCUT2D eigenvalue weighted by molar-refractivity contribution is 4.90. The average Bonchev–Trinajstić information content (AvgIpc) is 2.71. The summed E-state index contributed by atoms with van der Waals surface area (Å²) in [4.78, 5) is 2.19. The number of ether oxygens (including phenoxy) is 1. The first-order chi connectivity index (χ1) is 6.31. The molecular formula is C9H17NO3. The molecule has 2 rings (SSSR count). The second-order valence-corrected chi connectivity index (χ2v) is 3.94. The first kappa shape index (κ1) is 9.40. The van der Waals surface area contributed by atoms with Crippen LogP contribution in [0.25, 0.3) is 0 Å². The van der Waals surface area contributed by atoms with E-state index >= 15 is 0 Å². The minimum Gasteiger partial charge on any atom is -0.395 e. The summed E-state index contributed by atoms with van der Waals surface area (Å²) in [6, 6.07) is 0.552. The number of β-amino-alcohol motifs (C(OH)–C–C–N with tert-alkyl or cyclic N) is 1. The van der Waals surface area contributed by atoms with Crippen molar-refractivity contribution >= 4 is 0 Å². The molecule has 0 aromatic heterocycles. The standard InChI is InChI=1S/C9H17NO3/c11-5-8-3-9(12)4-10(8)7-1-2-13-6-7/h7-9,11-12H,1-6H2/t7?,8-,9-/m0/s1. The Morgan fingerprint density at radius 3 is 2.92 bits per heavy atom. The van der Waals surface area contributed by atoms with Crippen LogP contribution in [0.5, 0.6) is 0 Å². The number of aliphatic hydroxyl groups excluding tert-OH is 2. The maximum absolute atomic E-state index is 9.47. The molecule has 1 unspecified atom stereocenters. The first-order valence-corrected chi connectivity index (χ1v) is 4.93. The monoisotopic (exact) mass is 187 g/mol. The zero-order chi connectivity index (χ0) is 9.26. The number of likely N-dealkylation sites (tertiary alicyclic amines) is 1. The predicted octanol–water partition coefficient (Wildman–Crippen LogP) is -0.797. The topological polar surface area (TPSA) is 52.9 Å². The fourth-order valence-corrected chi connectivity index (χ4v) is 2.33. The molecule has 0 aliphatic carbocycles. The Balaban J connectivity index is 1.96. The Morgan fingerprint density at radius 1 is 1.46 bits per heavy atom. The maximum Gasteiger partial charge on any atom is 0.0683 e. The quantitative estimate of drug-likeness (QED) is 0.594. The van der Waals surface area contributed by atoms with Crippen LogP contribution in [0, 0.1) is 0 Å². The lowest BCUT2D eigenvalue weighted by Crippen LogP contribution is -2.41. The molecule has 0 amide bonds. The van der Waals surface area contributed by atoms with E-state index in [1.54, 1.807) is 0 Å². The van der Waals surface area contributed by atoms with Gasteiger partial charge in [-0.3, -0.25) is 4.90 Å². The molecule has 13 heavy (non-hydrogen) atoms. The molecule has 0 radical (unpaired) electrons. The molecule has 2 aliphatic heterocycles. The van der Waals surface area contributed by atoms with Crippen molar-refractivity contribution in [1.82, 2.24) is 4.90 Å². The summed E-state index contributed by atoms with van der Waals surface area (Å²) < 4.78 is 5.29. The van der Waals surface area contributed by atoms with Crippen LogP contribution in [-0.4, -0.2) is 59.7 Å². The SMILES string of the molecule is OC[C@@H]1C[C@H](O)CN1C1CCOC1. The second-order valence-electron chi connectivity index (χ2n) is 3.94. The van der Waals surface area contributed by atoms with Crippen LogP contribution in [0.3, 0.4) is 0 Å². The first-order valence-electron chi connectivity index (χ1n) is 4.93. The van der Waals surface area contributed by atoms with E-state index in [1.807, 2.05) is 0 Å². The van der Waals surface area contributed by atoms with Gasteiger partial charge in [0.05, 0.1) is 19.3 Å². The summed E-state index contributed by atoms with van der Waals surface area (Å²) in [5.41, 5.74) is 0. The van der Waals surface area contributed by atoms with E-state index < -0.39 is 0 Å². The van der Waals surface area contributed by atoms with Crippen LogP contribution < -0.4 is 0 Å². The van der Waals surface area contributed by atoms with Gasteiger partial charge >= 0.3 is 0 Å². The zero-order valence-corrected chi connectivity index (χ0v) is 7.72. The fraction of sp³-hybridized carbons (Fsp3) is 1.00. The van der Waals surface area contributed by atoms with E-state index in [1.165, 1.54) is 0 Å². The van der Waals surface area contributed by atoms with Crippen LogP contribution in [0.4, 0.5) is 0 Å². The lowest BCUT2D eigenvalue weighted by atomic mass is 10.2. The highest BCUT2D eigenvalue weighted by Crippen LogP contribution is 2.24. The lowest BCUT2D eigenvalue weighted by Gasteiger charge is -2.27. The van der Waals surface area contributed by atoms with Gasteiger partial charge < -0.3 is 14.9 Å². The molecule has 2 heterocycles. The Hall–Kier alpha value is -0.160. The van der Waals surface area contributed by atoms with Crippen LogP contribution in [-0.2, 0) is 4.74 Å². The Morgan fingerprint density at radius 2 is 2.31 bits per heavy atom. The Kier molecular flexibility index (Phi) is 2.83. The van der Waals surface area contributed by atoms with Crippen LogP contribution in [0.1, 0.15) is 12.8 Å². The number of rotatable bonds is 2. The van der Waals surface area contributed by atoms with Crippen molar-refractivity contribution in [2.45, 2.75) is 31.0 Å². The van der Waals surface area contributed by atoms with Crippen molar-refractivity contribution in [3.63, 3.8) is 0 Å². The van der Waals surface area contributed by atoms with Crippen molar-refractivity contribution in [2.75, 3.05) is 26.4 Å². The molecule has 0 aromatic rings. The molecule has 0 aromatic carbocycles. The van der Waals surface area contributed by atoms with Gasteiger partial charge in [-0.05, 0) is 12.8 Å². The molecule has 4 heteroatoms. The molecular weight excluding hydrogens is 170 g/mol. The molecule has 2 N–H and O–H groups in total. The predicted molar refractivity (Wildman–Crippen MR) is 47.4 cm³/mol. The number of nitrogens with zero attached hydrogens (tertiary/aromatic N) is 1.